The van der Waals surface area contributed by atoms with Gasteiger partial charge in [-0.05, 0) is 73.2 Å². The van der Waals surface area contributed by atoms with Crippen molar-refractivity contribution < 1.29 is 14.3 Å². The van der Waals surface area contributed by atoms with Gasteiger partial charge in [0.1, 0.15) is 23.0 Å². The topological polar surface area (TPSA) is 104 Å². The molecule has 228 valence electrons. The molecule has 10 nitrogen and oxygen atoms in total. The fourth-order valence-electron chi connectivity index (χ4n) is 5.61. The van der Waals surface area contributed by atoms with Gasteiger partial charge in [-0.3, -0.25) is 14.2 Å². The zero-order chi connectivity index (χ0) is 31.8. The van der Waals surface area contributed by atoms with E-state index >= 15 is 0 Å². The zero-order valence-electron chi connectivity index (χ0n) is 25.5. The summed E-state index contributed by atoms with van der Waals surface area (Å²) in [7, 11) is 3.20. The summed E-state index contributed by atoms with van der Waals surface area (Å²) in [6.45, 7) is 2.51. The smallest absolute Gasteiger partial charge is 0.261 e. The van der Waals surface area contributed by atoms with Crippen molar-refractivity contribution in [1.29, 1.82) is 0 Å². The van der Waals surface area contributed by atoms with Crippen molar-refractivity contribution in [2.24, 2.45) is 0 Å². The van der Waals surface area contributed by atoms with Crippen molar-refractivity contribution >= 4 is 34.1 Å². The molecule has 6 aromatic rings. The minimum atomic E-state index is -0.244. The first kappa shape index (κ1) is 28.7. The van der Waals surface area contributed by atoms with Crippen LogP contribution in [0, 0.1) is 6.92 Å². The number of fused-ring (bicyclic) bond motifs is 2. The van der Waals surface area contributed by atoms with E-state index in [1.165, 1.54) is 0 Å². The molecule has 0 unspecified atom stereocenters. The Morgan fingerprint density at radius 1 is 0.826 bits per heavy atom. The van der Waals surface area contributed by atoms with Crippen LogP contribution in [0.5, 0.6) is 11.5 Å². The fraction of sp³-hybridized carbons (Fsp3) is 0.139. The second kappa shape index (κ2) is 11.8. The molecule has 1 amide bonds. The summed E-state index contributed by atoms with van der Waals surface area (Å²) >= 11 is 0. The number of aromatic nitrogens is 5. The van der Waals surface area contributed by atoms with Crippen LogP contribution < -0.4 is 19.9 Å². The number of nitrogens with zero attached hydrogens (tertiary/aromatic N) is 6. The number of aryl methyl sites for hydroxylation is 1. The lowest BCUT2D eigenvalue weighted by atomic mass is 10.1. The number of carbonyl (C=O) groups is 1. The third kappa shape index (κ3) is 5.30. The number of benzene rings is 4. The first-order valence-electron chi connectivity index (χ1n) is 14.7. The van der Waals surface area contributed by atoms with E-state index in [1.54, 1.807) is 52.8 Å². The predicted molar refractivity (Wildman–Crippen MR) is 176 cm³/mol. The van der Waals surface area contributed by atoms with Crippen LogP contribution in [0.2, 0.25) is 0 Å². The molecule has 46 heavy (non-hydrogen) atoms. The maximum absolute atomic E-state index is 14.2. The summed E-state index contributed by atoms with van der Waals surface area (Å²) in [5.41, 5.74) is 5.65. The van der Waals surface area contributed by atoms with Crippen LogP contribution in [0.3, 0.4) is 0 Å². The van der Waals surface area contributed by atoms with Gasteiger partial charge in [-0.2, -0.15) is 0 Å². The summed E-state index contributed by atoms with van der Waals surface area (Å²) < 4.78 is 14.1. The van der Waals surface area contributed by atoms with Crippen molar-refractivity contribution in [2.45, 2.75) is 20.0 Å². The molecule has 7 rings (SSSR count). The maximum Gasteiger partial charge on any atom is 0.261 e. The number of rotatable bonds is 8. The van der Waals surface area contributed by atoms with E-state index < -0.39 is 0 Å². The van der Waals surface area contributed by atoms with Crippen molar-refractivity contribution in [2.75, 3.05) is 19.1 Å². The van der Waals surface area contributed by atoms with Gasteiger partial charge in [-0.25, -0.2) is 9.67 Å². The molecule has 0 spiro atoms. The highest BCUT2D eigenvalue weighted by Crippen LogP contribution is 2.40. The van der Waals surface area contributed by atoms with Gasteiger partial charge >= 0.3 is 0 Å². The van der Waals surface area contributed by atoms with E-state index in [1.807, 2.05) is 85.8 Å². The quantitative estimate of drug-likeness (QED) is 0.212. The van der Waals surface area contributed by atoms with Crippen LogP contribution in [-0.2, 0) is 17.9 Å². The van der Waals surface area contributed by atoms with Gasteiger partial charge < -0.3 is 14.4 Å². The van der Waals surface area contributed by atoms with Crippen LogP contribution >= 0.6 is 0 Å². The number of para-hydroxylation sites is 1. The highest BCUT2D eigenvalue weighted by molar-refractivity contribution is 6.35. The zero-order valence-corrected chi connectivity index (χ0v) is 25.5. The van der Waals surface area contributed by atoms with Crippen molar-refractivity contribution in [1.82, 2.24) is 24.5 Å². The lowest BCUT2D eigenvalue weighted by molar-refractivity contribution is -0.113. The van der Waals surface area contributed by atoms with Crippen molar-refractivity contribution in [3.63, 3.8) is 0 Å². The Morgan fingerprint density at radius 2 is 1.57 bits per heavy atom. The molecule has 0 radical (unpaired) electrons. The van der Waals surface area contributed by atoms with Crippen LogP contribution in [-0.4, -0.2) is 44.7 Å². The fourth-order valence-corrected chi connectivity index (χ4v) is 5.61. The monoisotopic (exact) mass is 610 g/mol. The summed E-state index contributed by atoms with van der Waals surface area (Å²) in [5.74, 6) is 1.48. The number of amides is 1. The standard InChI is InChI=1S/C36H30N6O4/c1-23-8-10-24(11-9-23)20-41-34(37-32-7-5-4-6-29(32)35(41)43)19-31-30-18-28(46-3)16-17-33(30)40(36(31)44)21-25-22-42(39-38-25)26-12-14-27(45-2)15-13-26/h4-19,22H,20-21H2,1-3H3/b31-19+. The molecule has 10 heteroatoms. The first-order valence-corrected chi connectivity index (χ1v) is 14.7. The van der Waals surface area contributed by atoms with Gasteiger partial charge in [0.15, 0.2) is 0 Å². The second-order valence-electron chi connectivity index (χ2n) is 11.0. The van der Waals surface area contributed by atoms with Crippen molar-refractivity contribution in [3.05, 3.63) is 136 Å². The average Bonchev–Trinajstić information content (AvgIpc) is 3.66. The van der Waals surface area contributed by atoms with Gasteiger partial charge in [-0.1, -0.05) is 47.2 Å². The average molecular weight is 611 g/mol. The molecule has 3 heterocycles. The summed E-state index contributed by atoms with van der Waals surface area (Å²) in [6.07, 6.45) is 3.50. The Labute approximate surface area is 264 Å². The molecule has 0 atom stereocenters. The molecule has 0 fully saturated rings. The van der Waals surface area contributed by atoms with E-state index in [2.05, 4.69) is 10.3 Å². The highest BCUT2D eigenvalue weighted by Gasteiger charge is 2.34. The summed E-state index contributed by atoms with van der Waals surface area (Å²) in [5, 5.41) is 9.14. The summed E-state index contributed by atoms with van der Waals surface area (Å²) in [4.78, 5) is 34.6. The SMILES string of the molecule is COc1ccc(-n2cc(CN3C(=O)/C(=C/c4nc5ccccc5c(=O)n4Cc4ccc(C)cc4)c4cc(OC)ccc43)nn2)cc1. The molecule has 2 aromatic heterocycles. The molecule has 0 saturated heterocycles. The number of ether oxygens (including phenoxy) is 2. The molecule has 0 bridgehead atoms. The Hall–Kier alpha value is -6.03. The first-order chi connectivity index (χ1) is 22.4. The largest absolute Gasteiger partial charge is 0.497 e. The number of anilines is 1. The Kier molecular flexibility index (Phi) is 7.38. The molecule has 1 aliphatic heterocycles. The van der Waals surface area contributed by atoms with E-state index in [0.717, 1.165) is 22.6 Å². The van der Waals surface area contributed by atoms with E-state index in [-0.39, 0.29) is 18.0 Å². The van der Waals surface area contributed by atoms with Gasteiger partial charge in [0.25, 0.3) is 11.5 Å². The molecular formula is C36H30N6O4. The van der Waals surface area contributed by atoms with E-state index in [0.29, 0.717) is 51.5 Å². The van der Waals surface area contributed by atoms with E-state index in [4.69, 9.17) is 14.5 Å². The molecular weight excluding hydrogens is 580 g/mol. The molecule has 4 aromatic carbocycles. The Balaban J connectivity index is 1.30. The second-order valence-corrected chi connectivity index (χ2v) is 11.0. The minimum Gasteiger partial charge on any atom is -0.497 e. The maximum atomic E-state index is 14.2. The van der Waals surface area contributed by atoms with Crippen LogP contribution in [0.1, 0.15) is 28.2 Å². The lowest BCUT2D eigenvalue weighted by Gasteiger charge is -2.15. The molecule has 0 saturated carbocycles. The third-order valence-electron chi connectivity index (χ3n) is 8.08. The van der Waals surface area contributed by atoms with Gasteiger partial charge in [0, 0.05) is 5.56 Å². The minimum absolute atomic E-state index is 0.179. The highest BCUT2D eigenvalue weighted by atomic mass is 16.5. The lowest BCUT2D eigenvalue weighted by Crippen LogP contribution is -2.27. The number of hydrogen-bond donors (Lipinski definition) is 0. The Bertz CT molecular complexity index is 2180. The number of hydrogen-bond acceptors (Lipinski definition) is 7. The van der Waals surface area contributed by atoms with E-state index in [9.17, 15) is 9.59 Å². The van der Waals surface area contributed by atoms with Gasteiger partial charge in [-0.15, -0.1) is 5.10 Å². The Morgan fingerprint density at radius 3 is 2.33 bits per heavy atom. The van der Waals surface area contributed by atoms with Gasteiger partial charge in [0.05, 0.1) is 61.4 Å². The predicted octanol–water partition coefficient (Wildman–Crippen LogP) is 5.44. The number of carbonyl (C=O) groups excluding carboxylic acids is 1. The van der Waals surface area contributed by atoms with Crippen molar-refractivity contribution in [3.8, 4) is 17.2 Å². The third-order valence-corrected chi connectivity index (χ3v) is 8.08. The van der Waals surface area contributed by atoms with Crippen LogP contribution in [0.15, 0.2) is 102 Å². The molecule has 0 N–H and O–H groups in total. The van der Waals surface area contributed by atoms with Crippen LogP contribution in [0.4, 0.5) is 5.69 Å². The summed E-state index contributed by atoms with van der Waals surface area (Å²) in [6, 6.07) is 28.2. The number of methoxy groups -OCH3 is 2. The molecule has 0 aliphatic carbocycles. The van der Waals surface area contributed by atoms with Crippen LogP contribution in [0.25, 0.3) is 28.2 Å². The molecule has 1 aliphatic rings. The van der Waals surface area contributed by atoms with Gasteiger partial charge in [0.2, 0.25) is 0 Å². The normalized spacial score (nSPS) is 13.4.